The lowest BCUT2D eigenvalue weighted by atomic mass is 10.2. The summed E-state index contributed by atoms with van der Waals surface area (Å²) in [6.45, 7) is 0. The molecule has 0 aliphatic heterocycles. The smallest absolute Gasteiger partial charge is 0.337 e. The molecule has 0 saturated carbocycles. The van der Waals surface area contributed by atoms with Gasteiger partial charge in [-0.05, 0) is 30.5 Å². The molecule has 1 N–H and O–H groups in total. The second-order valence-electron chi connectivity index (χ2n) is 3.55. The Morgan fingerprint density at radius 3 is 2.28 bits per heavy atom. The van der Waals surface area contributed by atoms with Crippen molar-refractivity contribution in [3.05, 3.63) is 54.1 Å². The minimum atomic E-state index is -0.876. The lowest BCUT2D eigenvalue weighted by molar-refractivity contribution is 0.0689. The van der Waals surface area contributed by atoms with Crippen molar-refractivity contribution in [2.45, 2.75) is 14.7 Å². The van der Waals surface area contributed by atoms with Crippen LogP contribution in [0.3, 0.4) is 0 Å². The fourth-order valence-corrected chi connectivity index (χ4v) is 3.27. The van der Waals surface area contributed by atoms with Gasteiger partial charge in [0.2, 0.25) is 0 Å². The van der Waals surface area contributed by atoms with Gasteiger partial charge in [-0.15, -0.1) is 11.8 Å². The maximum Gasteiger partial charge on any atom is 0.337 e. The SMILES string of the molecule is CSc1cccc(Sc2ccccc2)c1C(=O)O. The Balaban J connectivity index is 2.42. The summed E-state index contributed by atoms with van der Waals surface area (Å²) >= 11 is 2.93. The fourth-order valence-electron chi connectivity index (χ4n) is 1.59. The predicted octanol–water partition coefficient (Wildman–Crippen LogP) is 4.26. The van der Waals surface area contributed by atoms with E-state index in [1.54, 1.807) is 0 Å². The molecule has 2 nitrogen and oxygen atoms in total. The number of thioether (sulfide) groups is 1. The number of carbonyl (C=O) groups is 1. The van der Waals surface area contributed by atoms with Crippen LogP contribution in [0, 0.1) is 0 Å². The molecule has 0 heterocycles. The first kappa shape index (κ1) is 13.1. The molecule has 0 atom stereocenters. The quantitative estimate of drug-likeness (QED) is 0.847. The summed E-state index contributed by atoms with van der Waals surface area (Å²) in [4.78, 5) is 14.0. The topological polar surface area (TPSA) is 37.3 Å². The maximum atomic E-state index is 11.4. The first-order valence-electron chi connectivity index (χ1n) is 5.35. The zero-order valence-corrected chi connectivity index (χ0v) is 11.4. The van der Waals surface area contributed by atoms with Crippen LogP contribution in [0.2, 0.25) is 0 Å². The van der Waals surface area contributed by atoms with Gasteiger partial charge in [-0.3, -0.25) is 0 Å². The van der Waals surface area contributed by atoms with Crippen molar-refractivity contribution in [3.63, 3.8) is 0 Å². The highest BCUT2D eigenvalue weighted by Crippen LogP contribution is 2.34. The highest BCUT2D eigenvalue weighted by Gasteiger charge is 2.15. The first-order valence-corrected chi connectivity index (χ1v) is 7.39. The number of hydrogen-bond donors (Lipinski definition) is 1. The molecule has 2 rings (SSSR count). The summed E-state index contributed by atoms with van der Waals surface area (Å²) in [5.41, 5.74) is 0.388. The molecule has 0 saturated heterocycles. The van der Waals surface area contributed by atoms with Gasteiger partial charge in [0.05, 0.1) is 5.56 Å². The van der Waals surface area contributed by atoms with E-state index >= 15 is 0 Å². The normalized spacial score (nSPS) is 10.3. The van der Waals surface area contributed by atoms with Gasteiger partial charge < -0.3 is 5.11 Å². The summed E-state index contributed by atoms with van der Waals surface area (Å²) in [7, 11) is 0. The van der Waals surface area contributed by atoms with E-state index in [9.17, 15) is 9.90 Å². The van der Waals surface area contributed by atoms with Crippen molar-refractivity contribution in [1.29, 1.82) is 0 Å². The van der Waals surface area contributed by atoms with E-state index in [0.717, 1.165) is 14.7 Å². The van der Waals surface area contributed by atoms with Crippen molar-refractivity contribution in [3.8, 4) is 0 Å². The summed E-state index contributed by atoms with van der Waals surface area (Å²) in [5, 5.41) is 9.33. The van der Waals surface area contributed by atoms with Gasteiger partial charge in [-0.1, -0.05) is 36.0 Å². The third kappa shape index (κ3) is 2.89. The molecule has 2 aromatic carbocycles. The number of rotatable bonds is 4. The Bertz CT molecular complexity index is 553. The molecule has 0 radical (unpaired) electrons. The zero-order valence-electron chi connectivity index (χ0n) is 9.79. The maximum absolute atomic E-state index is 11.4. The van der Waals surface area contributed by atoms with Crippen LogP contribution in [-0.2, 0) is 0 Å². The van der Waals surface area contributed by atoms with Crippen LogP contribution in [0.1, 0.15) is 10.4 Å². The van der Waals surface area contributed by atoms with Crippen molar-refractivity contribution in [2.75, 3.05) is 6.26 Å². The Hall–Kier alpha value is -1.39. The summed E-state index contributed by atoms with van der Waals surface area (Å²) < 4.78 is 0. The van der Waals surface area contributed by atoms with Crippen molar-refractivity contribution >= 4 is 29.5 Å². The fraction of sp³-hybridized carbons (Fsp3) is 0.0714. The number of benzene rings is 2. The zero-order chi connectivity index (χ0) is 13.0. The van der Waals surface area contributed by atoms with Gasteiger partial charge in [0.1, 0.15) is 0 Å². The minimum Gasteiger partial charge on any atom is -0.478 e. The van der Waals surface area contributed by atoms with Crippen LogP contribution in [-0.4, -0.2) is 17.3 Å². The van der Waals surface area contributed by atoms with E-state index in [2.05, 4.69) is 0 Å². The third-order valence-electron chi connectivity index (χ3n) is 2.39. The molecule has 4 heteroatoms. The van der Waals surface area contributed by atoms with Crippen molar-refractivity contribution < 1.29 is 9.90 Å². The molecule has 0 aromatic heterocycles. The number of aromatic carboxylic acids is 1. The van der Waals surface area contributed by atoms with E-state index in [4.69, 9.17) is 0 Å². The highest BCUT2D eigenvalue weighted by molar-refractivity contribution is 8.00. The number of carboxylic acid groups (broad SMARTS) is 1. The van der Waals surface area contributed by atoms with Crippen LogP contribution in [0.25, 0.3) is 0 Å². The molecular weight excluding hydrogens is 264 g/mol. The van der Waals surface area contributed by atoms with Crippen LogP contribution >= 0.6 is 23.5 Å². The second kappa shape index (κ2) is 5.98. The lowest BCUT2D eigenvalue weighted by Crippen LogP contribution is -2.01. The second-order valence-corrected chi connectivity index (χ2v) is 5.52. The molecule has 0 unspecified atom stereocenters. The van der Waals surface area contributed by atoms with Crippen LogP contribution in [0.5, 0.6) is 0 Å². The Morgan fingerprint density at radius 1 is 1.00 bits per heavy atom. The van der Waals surface area contributed by atoms with Gasteiger partial charge >= 0.3 is 5.97 Å². The summed E-state index contributed by atoms with van der Waals surface area (Å²) in [6, 6.07) is 15.4. The molecule has 0 amide bonds. The molecule has 2 aromatic rings. The van der Waals surface area contributed by atoms with Crippen LogP contribution < -0.4 is 0 Å². The standard InChI is InChI=1S/C14H12O2S2/c1-17-11-8-5-9-12(13(11)14(15)16)18-10-6-3-2-4-7-10/h2-9H,1H3,(H,15,16). The lowest BCUT2D eigenvalue weighted by Gasteiger charge is -2.09. The number of carboxylic acids is 1. The van der Waals surface area contributed by atoms with E-state index < -0.39 is 5.97 Å². The Morgan fingerprint density at radius 2 is 1.67 bits per heavy atom. The molecule has 0 bridgehead atoms. The van der Waals surface area contributed by atoms with E-state index in [0.29, 0.717) is 5.56 Å². The summed E-state index contributed by atoms with van der Waals surface area (Å²) in [5.74, 6) is -0.876. The Kier molecular flexibility index (Phi) is 4.33. The molecule has 0 spiro atoms. The van der Waals surface area contributed by atoms with Gasteiger partial charge in [0.25, 0.3) is 0 Å². The molecular formula is C14H12O2S2. The molecule has 0 fully saturated rings. The van der Waals surface area contributed by atoms with E-state index in [1.165, 1.54) is 23.5 Å². The third-order valence-corrected chi connectivity index (χ3v) is 4.24. The van der Waals surface area contributed by atoms with Gasteiger partial charge in [-0.25, -0.2) is 4.79 Å². The monoisotopic (exact) mass is 276 g/mol. The molecule has 18 heavy (non-hydrogen) atoms. The van der Waals surface area contributed by atoms with Gasteiger partial charge in [-0.2, -0.15) is 0 Å². The largest absolute Gasteiger partial charge is 0.478 e. The van der Waals surface area contributed by atoms with Crippen molar-refractivity contribution in [2.24, 2.45) is 0 Å². The highest BCUT2D eigenvalue weighted by atomic mass is 32.2. The molecule has 92 valence electrons. The van der Waals surface area contributed by atoms with Crippen molar-refractivity contribution in [1.82, 2.24) is 0 Å². The van der Waals surface area contributed by atoms with Gasteiger partial charge in [0.15, 0.2) is 0 Å². The van der Waals surface area contributed by atoms with E-state index in [-0.39, 0.29) is 0 Å². The number of hydrogen-bond acceptors (Lipinski definition) is 3. The van der Waals surface area contributed by atoms with Crippen LogP contribution in [0.15, 0.2) is 63.2 Å². The molecule has 0 aliphatic carbocycles. The summed E-state index contributed by atoms with van der Waals surface area (Å²) in [6.07, 6.45) is 1.89. The average molecular weight is 276 g/mol. The van der Waals surface area contributed by atoms with E-state index in [1.807, 2.05) is 54.8 Å². The minimum absolute atomic E-state index is 0.388. The molecule has 0 aliphatic rings. The van der Waals surface area contributed by atoms with Crippen LogP contribution in [0.4, 0.5) is 0 Å². The Labute approximate surface area is 114 Å². The average Bonchev–Trinajstić information content (AvgIpc) is 2.39. The first-order chi connectivity index (χ1) is 8.72. The predicted molar refractivity (Wildman–Crippen MR) is 75.7 cm³/mol. The van der Waals surface area contributed by atoms with Gasteiger partial charge in [0, 0.05) is 14.7 Å².